The minimum Gasteiger partial charge on any atom is -0.496 e. The summed E-state index contributed by atoms with van der Waals surface area (Å²) in [7, 11) is 1.68. The number of rotatable bonds is 8. The SMILES string of the molecule is CCOc1ccc(NC(=O)NCC(c2ccccc2OC)N2CCCC2)cc1Cl. The molecule has 0 aromatic heterocycles. The van der Waals surface area contributed by atoms with Crippen LogP contribution in [0.25, 0.3) is 0 Å². The maximum Gasteiger partial charge on any atom is 0.319 e. The summed E-state index contributed by atoms with van der Waals surface area (Å²) in [6, 6.07) is 13.0. The fourth-order valence-electron chi connectivity index (χ4n) is 3.65. The summed E-state index contributed by atoms with van der Waals surface area (Å²) in [5, 5.41) is 6.30. The monoisotopic (exact) mass is 417 g/mol. The molecule has 7 heteroatoms. The van der Waals surface area contributed by atoms with Crippen LogP contribution in [0.15, 0.2) is 42.5 Å². The van der Waals surface area contributed by atoms with Gasteiger partial charge < -0.3 is 20.1 Å². The van der Waals surface area contributed by atoms with Crippen LogP contribution in [0.1, 0.15) is 31.4 Å². The Morgan fingerprint density at radius 3 is 2.62 bits per heavy atom. The summed E-state index contributed by atoms with van der Waals surface area (Å²) >= 11 is 6.20. The van der Waals surface area contributed by atoms with Crippen LogP contribution < -0.4 is 20.1 Å². The number of anilines is 1. The Labute approximate surface area is 177 Å². The predicted octanol–water partition coefficient (Wildman–Crippen LogP) is 4.71. The summed E-state index contributed by atoms with van der Waals surface area (Å²) in [6.07, 6.45) is 2.34. The van der Waals surface area contributed by atoms with Gasteiger partial charge in [0.05, 0.1) is 24.8 Å². The van der Waals surface area contributed by atoms with Gasteiger partial charge in [-0.25, -0.2) is 4.79 Å². The molecule has 29 heavy (non-hydrogen) atoms. The molecule has 2 amide bonds. The van der Waals surface area contributed by atoms with Crippen LogP contribution in [0, 0.1) is 0 Å². The highest BCUT2D eigenvalue weighted by Gasteiger charge is 2.26. The Hall–Kier alpha value is -2.44. The fraction of sp³-hybridized carbons (Fsp3) is 0.409. The minimum atomic E-state index is -0.274. The second-order valence-electron chi connectivity index (χ2n) is 6.91. The molecule has 1 fully saturated rings. The standard InChI is InChI=1S/C22H28ClN3O3/c1-3-29-21-11-10-16(14-18(21)23)25-22(27)24-15-19(26-12-6-7-13-26)17-8-4-5-9-20(17)28-2/h4-5,8-11,14,19H,3,6-7,12-13,15H2,1-2H3,(H2,24,25,27). The summed E-state index contributed by atoms with van der Waals surface area (Å²) in [5.74, 6) is 1.44. The molecule has 0 bridgehead atoms. The number of ether oxygens (including phenoxy) is 2. The summed E-state index contributed by atoms with van der Waals surface area (Å²) in [4.78, 5) is 14.9. The minimum absolute atomic E-state index is 0.0586. The normalized spacial score (nSPS) is 15.0. The lowest BCUT2D eigenvalue weighted by atomic mass is 10.0. The van der Waals surface area contributed by atoms with E-state index in [1.165, 1.54) is 12.8 Å². The van der Waals surface area contributed by atoms with Crippen LogP contribution in [0.5, 0.6) is 11.5 Å². The number of halogens is 1. The van der Waals surface area contributed by atoms with Crippen molar-refractivity contribution in [2.75, 3.05) is 38.7 Å². The Bertz CT molecular complexity index is 825. The van der Waals surface area contributed by atoms with Crippen molar-refractivity contribution in [3.63, 3.8) is 0 Å². The van der Waals surface area contributed by atoms with Crippen LogP contribution in [0.3, 0.4) is 0 Å². The number of nitrogens with zero attached hydrogens (tertiary/aromatic N) is 1. The molecule has 0 spiro atoms. The number of carbonyl (C=O) groups excluding carboxylic acids is 1. The van der Waals surface area contributed by atoms with E-state index in [4.69, 9.17) is 21.1 Å². The van der Waals surface area contributed by atoms with Gasteiger partial charge in [-0.15, -0.1) is 0 Å². The van der Waals surface area contributed by atoms with Crippen LogP contribution in [-0.2, 0) is 0 Å². The molecule has 1 aliphatic heterocycles. The number of nitrogens with one attached hydrogen (secondary N) is 2. The van der Waals surface area contributed by atoms with E-state index in [2.05, 4.69) is 21.6 Å². The highest BCUT2D eigenvalue weighted by Crippen LogP contribution is 2.31. The number of methoxy groups -OCH3 is 1. The van der Waals surface area contributed by atoms with E-state index >= 15 is 0 Å². The van der Waals surface area contributed by atoms with Crippen LogP contribution in [0.2, 0.25) is 5.02 Å². The third kappa shape index (κ3) is 5.55. The number of para-hydroxylation sites is 1. The molecule has 6 nitrogen and oxygen atoms in total. The van der Waals surface area contributed by atoms with Crippen LogP contribution in [0.4, 0.5) is 10.5 Å². The lowest BCUT2D eigenvalue weighted by Crippen LogP contribution is -2.38. The lowest BCUT2D eigenvalue weighted by molar-refractivity contribution is 0.224. The van der Waals surface area contributed by atoms with Crippen molar-refractivity contribution in [2.24, 2.45) is 0 Å². The van der Waals surface area contributed by atoms with Gasteiger partial charge >= 0.3 is 6.03 Å². The van der Waals surface area contributed by atoms with Crippen LogP contribution >= 0.6 is 11.6 Å². The van der Waals surface area contributed by atoms with Gasteiger partial charge in [0, 0.05) is 17.8 Å². The Balaban J connectivity index is 1.66. The molecule has 1 saturated heterocycles. The van der Waals surface area contributed by atoms with Gasteiger partial charge in [-0.05, 0) is 57.1 Å². The number of benzene rings is 2. The second kappa shape index (κ2) is 10.4. The van der Waals surface area contributed by atoms with Gasteiger partial charge in [-0.3, -0.25) is 4.90 Å². The smallest absolute Gasteiger partial charge is 0.319 e. The third-order valence-corrected chi connectivity index (χ3v) is 5.32. The highest BCUT2D eigenvalue weighted by molar-refractivity contribution is 6.32. The van der Waals surface area contributed by atoms with Crippen molar-refractivity contribution in [1.82, 2.24) is 10.2 Å². The fourth-order valence-corrected chi connectivity index (χ4v) is 3.88. The first-order valence-corrected chi connectivity index (χ1v) is 10.3. The molecule has 1 aliphatic rings. The molecule has 2 aromatic carbocycles. The summed E-state index contributed by atoms with van der Waals surface area (Å²) in [6.45, 7) is 4.94. The third-order valence-electron chi connectivity index (χ3n) is 5.02. The molecule has 0 radical (unpaired) electrons. The average Bonchev–Trinajstić information content (AvgIpc) is 3.25. The van der Waals surface area contributed by atoms with Crippen molar-refractivity contribution in [1.29, 1.82) is 0 Å². The van der Waals surface area contributed by atoms with E-state index in [1.807, 2.05) is 25.1 Å². The van der Waals surface area contributed by atoms with Gasteiger partial charge in [0.25, 0.3) is 0 Å². The highest BCUT2D eigenvalue weighted by atomic mass is 35.5. The zero-order valence-corrected chi connectivity index (χ0v) is 17.7. The first-order chi connectivity index (χ1) is 14.1. The maximum atomic E-state index is 12.5. The molecule has 1 atom stereocenters. The molecule has 1 unspecified atom stereocenters. The molecule has 1 heterocycles. The molecule has 156 valence electrons. The molecule has 3 rings (SSSR count). The predicted molar refractivity (Wildman–Crippen MR) is 116 cm³/mol. The van der Waals surface area contributed by atoms with E-state index in [-0.39, 0.29) is 12.1 Å². The quantitative estimate of drug-likeness (QED) is 0.653. The maximum absolute atomic E-state index is 12.5. The van der Waals surface area contributed by atoms with Crippen molar-refractivity contribution in [2.45, 2.75) is 25.8 Å². The zero-order valence-electron chi connectivity index (χ0n) is 16.9. The van der Waals surface area contributed by atoms with E-state index in [9.17, 15) is 4.79 Å². The lowest BCUT2D eigenvalue weighted by Gasteiger charge is -2.29. The number of urea groups is 1. The molecular formula is C22H28ClN3O3. The molecular weight excluding hydrogens is 390 g/mol. The van der Waals surface area contributed by atoms with Crippen molar-refractivity contribution in [3.05, 3.63) is 53.1 Å². The van der Waals surface area contributed by atoms with Gasteiger partial charge in [-0.2, -0.15) is 0 Å². The second-order valence-corrected chi connectivity index (χ2v) is 7.32. The first-order valence-electron chi connectivity index (χ1n) is 9.96. The average molecular weight is 418 g/mol. The number of hydrogen-bond donors (Lipinski definition) is 2. The summed E-state index contributed by atoms with van der Waals surface area (Å²) in [5.41, 5.74) is 1.70. The van der Waals surface area contributed by atoms with Crippen LogP contribution in [-0.4, -0.2) is 44.3 Å². The molecule has 0 aliphatic carbocycles. The van der Waals surface area contributed by atoms with Crippen molar-refractivity contribution in [3.8, 4) is 11.5 Å². The van der Waals surface area contributed by atoms with Gasteiger partial charge in [0.2, 0.25) is 0 Å². The van der Waals surface area contributed by atoms with E-state index in [1.54, 1.807) is 25.3 Å². The number of hydrogen-bond acceptors (Lipinski definition) is 4. The number of carbonyl (C=O) groups is 1. The van der Waals surface area contributed by atoms with E-state index in [0.717, 1.165) is 24.4 Å². The van der Waals surface area contributed by atoms with Gasteiger partial charge in [0.15, 0.2) is 0 Å². The first kappa shape index (κ1) is 21.3. The largest absolute Gasteiger partial charge is 0.496 e. The molecule has 2 N–H and O–H groups in total. The van der Waals surface area contributed by atoms with Crippen molar-refractivity contribution >= 4 is 23.3 Å². The van der Waals surface area contributed by atoms with E-state index in [0.29, 0.717) is 29.6 Å². The molecule has 0 saturated carbocycles. The summed E-state index contributed by atoms with van der Waals surface area (Å²) < 4.78 is 11.0. The number of likely N-dealkylation sites (tertiary alicyclic amines) is 1. The zero-order chi connectivity index (χ0) is 20.6. The Morgan fingerprint density at radius 1 is 1.17 bits per heavy atom. The van der Waals surface area contributed by atoms with Gasteiger partial charge in [0.1, 0.15) is 11.5 Å². The molecule has 2 aromatic rings. The Kier molecular flexibility index (Phi) is 7.61. The van der Waals surface area contributed by atoms with Gasteiger partial charge in [-0.1, -0.05) is 29.8 Å². The van der Waals surface area contributed by atoms with Crippen molar-refractivity contribution < 1.29 is 14.3 Å². The van der Waals surface area contributed by atoms with E-state index < -0.39 is 0 Å². The topological polar surface area (TPSA) is 62.8 Å². The Morgan fingerprint density at radius 2 is 1.93 bits per heavy atom. The number of amides is 2.